The van der Waals surface area contributed by atoms with Crippen LogP contribution in [-0.4, -0.2) is 36.1 Å². The van der Waals surface area contributed by atoms with Crippen molar-refractivity contribution >= 4 is 11.4 Å². The monoisotopic (exact) mass is 286 g/mol. The zero-order chi connectivity index (χ0) is 14.8. The van der Waals surface area contributed by atoms with Crippen molar-refractivity contribution in [3.63, 3.8) is 0 Å². The normalized spacial score (nSPS) is 15.3. The van der Waals surface area contributed by atoms with Crippen molar-refractivity contribution < 1.29 is 0 Å². The first-order valence-electron chi connectivity index (χ1n) is 7.03. The van der Waals surface area contributed by atoms with E-state index in [9.17, 15) is 9.59 Å². The second kappa shape index (κ2) is 5.47. The molecule has 0 radical (unpaired) electrons. The maximum atomic E-state index is 12.0. The van der Waals surface area contributed by atoms with Crippen molar-refractivity contribution in [3.05, 3.63) is 56.9 Å². The largest absolute Gasteiger partial charge is 0.368 e. The van der Waals surface area contributed by atoms with Gasteiger partial charge in [0.2, 0.25) is 0 Å². The van der Waals surface area contributed by atoms with Gasteiger partial charge < -0.3 is 14.8 Å². The highest BCUT2D eigenvalue weighted by Crippen LogP contribution is 2.18. The van der Waals surface area contributed by atoms with Gasteiger partial charge in [0.15, 0.2) is 0 Å². The van der Waals surface area contributed by atoms with Gasteiger partial charge in [0.25, 0.3) is 5.56 Å². The summed E-state index contributed by atoms with van der Waals surface area (Å²) in [5.41, 5.74) is 1.62. The van der Waals surface area contributed by atoms with E-state index < -0.39 is 5.69 Å². The molecule has 21 heavy (non-hydrogen) atoms. The quantitative estimate of drug-likeness (QED) is 0.852. The van der Waals surface area contributed by atoms with Crippen molar-refractivity contribution in [1.82, 2.24) is 9.97 Å². The fourth-order valence-corrected chi connectivity index (χ4v) is 2.80. The lowest BCUT2D eigenvalue weighted by Gasteiger charge is -2.37. The molecule has 0 amide bonds. The topological polar surface area (TPSA) is 72.2 Å². The van der Waals surface area contributed by atoms with Crippen LogP contribution in [0.4, 0.5) is 11.4 Å². The van der Waals surface area contributed by atoms with Crippen LogP contribution in [0.5, 0.6) is 0 Å². The number of hydrogen-bond acceptors (Lipinski definition) is 4. The number of nitrogens with zero attached hydrogens (tertiary/aromatic N) is 2. The maximum Gasteiger partial charge on any atom is 0.326 e. The van der Waals surface area contributed by atoms with Gasteiger partial charge in [-0.05, 0) is 19.1 Å². The van der Waals surface area contributed by atoms with E-state index in [1.165, 1.54) is 5.69 Å². The fourth-order valence-electron chi connectivity index (χ4n) is 2.80. The number of nitrogens with one attached hydrogen (secondary N) is 2. The number of anilines is 2. The molecule has 6 heteroatoms. The van der Waals surface area contributed by atoms with Gasteiger partial charge in [-0.2, -0.15) is 0 Å². The second-order valence-corrected chi connectivity index (χ2v) is 5.19. The first kappa shape index (κ1) is 13.5. The number of aromatic nitrogens is 2. The van der Waals surface area contributed by atoms with Crippen molar-refractivity contribution in [2.24, 2.45) is 0 Å². The molecule has 2 aromatic rings. The van der Waals surface area contributed by atoms with E-state index in [4.69, 9.17) is 0 Å². The third-order valence-electron chi connectivity index (χ3n) is 3.82. The van der Waals surface area contributed by atoms with Crippen molar-refractivity contribution in [3.8, 4) is 0 Å². The lowest BCUT2D eigenvalue weighted by molar-refractivity contribution is 0.647. The van der Waals surface area contributed by atoms with E-state index in [2.05, 4.69) is 27.0 Å². The summed E-state index contributed by atoms with van der Waals surface area (Å²) in [4.78, 5) is 32.5. The molecule has 0 spiro atoms. The van der Waals surface area contributed by atoms with Crippen LogP contribution in [0.15, 0.2) is 39.9 Å². The molecule has 0 bridgehead atoms. The molecule has 1 aromatic heterocycles. The summed E-state index contributed by atoms with van der Waals surface area (Å²) < 4.78 is 0. The molecule has 0 saturated carbocycles. The third kappa shape index (κ3) is 2.69. The minimum absolute atomic E-state index is 0.315. The van der Waals surface area contributed by atoms with Crippen LogP contribution in [0.2, 0.25) is 0 Å². The summed E-state index contributed by atoms with van der Waals surface area (Å²) in [6, 6.07) is 10.2. The van der Waals surface area contributed by atoms with Crippen LogP contribution in [0.1, 0.15) is 5.69 Å². The highest BCUT2D eigenvalue weighted by atomic mass is 16.2. The number of H-pyrrole nitrogens is 2. The van der Waals surface area contributed by atoms with Crippen LogP contribution < -0.4 is 21.0 Å². The number of piperazine rings is 1. The van der Waals surface area contributed by atoms with Crippen LogP contribution >= 0.6 is 0 Å². The van der Waals surface area contributed by atoms with Gasteiger partial charge in [-0.1, -0.05) is 18.2 Å². The number of rotatable bonds is 2. The van der Waals surface area contributed by atoms with Crippen LogP contribution in [0, 0.1) is 6.92 Å². The predicted octanol–water partition coefficient (Wildman–Crippen LogP) is 0.698. The molecule has 0 atom stereocenters. The van der Waals surface area contributed by atoms with E-state index >= 15 is 0 Å². The van der Waals surface area contributed by atoms with Crippen molar-refractivity contribution in [2.45, 2.75) is 6.92 Å². The second-order valence-electron chi connectivity index (χ2n) is 5.19. The lowest BCUT2D eigenvalue weighted by atomic mass is 10.2. The first-order valence-corrected chi connectivity index (χ1v) is 7.03. The van der Waals surface area contributed by atoms with E-state index in [1.54, 1.807) is 6.92 Å². The number of aryl methyl sites for hydroxylation is 1. The Morgan fingerprint density at radius 3 is 2.14 bits per heavy atom. The predicted molar refractivity (Wildman–Crippen MR) is 83.3 cm³/mol. The van der Waals surface area contributed by atoms with Gasteiger partial charge in [0.05, 0.1) is 0 Å². The Balaban J connectivity index is 1.78. The van der Waals surface area contributed by atoms with Crippen molar-refractivity contribution in [1.29, 1.82) is 0 Å². The summed E-state index contributed by atoms with van der Waals surface area (Å²) in [5.74, 6) is 0. The Morgan fingerprint density at radius 2 is 1.52 bits per heavy atom. The van der Waals surface area contributed by atoms with Gasteiger partial charge >= 0.3 is 5.69 Å². The molecular weight excluding hydrogens is 268 g/mol. The molecular formula is C15H18N4O2. The number of benzene rings is 1. The van der Waals surface area contributed by atoms with E-state index in [-0.39, 0.29) is 5.56 Å². The molecule has 0 aliphatic carbocycles. The first-order chi connectivity index (χ1) is 10.1. The molecule has 1 aliphatic rings. The average molecular weight is 286 g/mol. The third-order valence-corrected chi connectivity index (χ3v) is 3.82. The Kier molecular flexibility index (Phi) is 3.51. The van der Waals surface area contributed by atoms with Gasteiger partial charge in [0.1, 0.15) is 5.69 Å². The molecule has 3 rings (SSSR count). The number of aromatic amines is 2. The van der Waals surface area contributed by atoms with Gasteiger partial charge in [-0.3, -0.25) is 9.78 Å². The minimum atomic E-state index is -0.454. The van der Waals surface area contributed by atoms with E-state index in [0.717, 1.165) is 26.2 Å². The average Bonchev–Trinajstić information content (AvgIpc) is 2.48. The fraction of sp³-hybridized carbons (Fsp3) is 0.333. The standard InChI is InChI=1S/C15H18N4O2/c1-11-13(14(20)17-15(21)16-11)19-9-7-18(8-10-19)12-5-3-2-4-6-12/h2-6H,7-10H2,1H3,(H2,16,17,20,21). The molecule has 110 valence electrons. The molecule has 1 aliphatic heterocycles. The summed E-state index contributed by atoms with van der Waals surface area (Å²) in [5, 5.41) is 0. The lowest BCUT2D eigenvalue weighted by Crippen LogP contribution is -2.48. The summed E-state index contributed by atoms with van der Waals surface area (Å²) in [6.45, 7) is 4.97. The van der Waals surface area contributed by atoms with Gasteiger partial charge in [-0.25, -0.2) is 4.79 Å². The molecule has 6 nitrogen and oxygen atoms in total. The van der Waals surface area contributed by atoms with E-state index in [0.29, 0.717) is 11.4 Å². The molecule has 1 saturated heterocycles. The molecule has 1 aromatic carbocycles. The molecule has 1 fully saturated rings. The summed E-state index contributed by atoms with van der Waals surface area (Å²) in [7, 11) is 0. The Hall–Kier alpha value is -2.50. The minimum Gasteiger partial charge on any atom is -0.368 e. The molecule has 0 unspecified atom stereocenters. The van der Waals surface area contributed by atoms with Crippen LogP contribution in [0.25, 0.3) is 0 Å². The van der Waals surface area contributed by atoms with Gasteiger partial charge in [-0.15, -0.1) is 0 Å². The van der Waals surface area contributed by atoms with Crippen LogP contribution in [-0.2, 0) is 0 Å². The Labute approximate surface area is 122 Å². The zero-order valence-corrected chi connectivity index (χ0v) is 11.9. The summed E-state index contributed by atoms with van der Waals surface area (Å²) >= 11 is 0. The SMILES string of the molecule is Cc1[nH]c(=O)[nH]c(=O)c1N1CCN(c2ccccc2)CC1. The smallest absolute Gasteiger partial charge is 0.326 e. The van der Waals surface area contributed by atoms with E-state index in [1.807, 2.05) is 23.1 Å². The zero-order valence-electron chi connectivity index (χ0n) is 11.9. The van der Waals surface area contributed by atoms with Gasteiger partial charge in [0, 0.05) is 37.6 Å². The Morgan fingerprint density at radius 1 is 0.905 bits per heavy atom. The van der Waals surface area contributed by atoms with Crippen LogP contribution in [0.3, 0.4) is 0 Å². The molecule has 2 N–H and O–H groups in total. The molecule has 2 heterocycles. The Bertz CT molecular complexity index is 727. The highest BCUT2D eigenvalue weighted by molar-refractivity contribution is 5.52. The number of para-hydroxylation sites is 1. The highest BCUT2D eigenvalue weighted by Gasteiger charge is 2.21. The maximum absolute atomic E-state index is 12.0. The van der Waals surface area contributed by atoms with Crippen molar-refractivity contribution in [2.75, 3.05) is 36.0 Å². The number of hydrogen-bond donors (Lipinski definition) is 2. The summed E-state index contributed by atoms with van der Waals surface area (Å²) in [6.07, 6.45) is 0.